The third-order valence-corrected chi connectivity index (χ3v) is 3.47. The summed E-state index contributed by atoms with van der Waals surface area (Å²) in [6, 6.07) is 18.2. The highest BCUT2D eigenvalue weighted by Crippen LogP contribution is 2.19. The van der Waals surface area contributed by atoms with Gasteiger partial charge >= 0.3 is 0 Å². The van der Waals surface area contributed by atoms with E-state index in [4.69, 9.17) is 6.42 Å². The fraction of sp³-hybridized carbons (Fsp3) is 0.0526. The van der Waals surface area contributed by atoms with Crippen LogP contribution in [-0.2, 0) is 6.54 Å². The lowest BCUT2D eigenvalue weighted by molar-refractivity contribution is 0.0946. The maximum Gasteiger partial charge on any atom is 0.269 e. The summed E-state index contributed by atoms with van der Waals surface area (Å²) in [5.74, 6) is 2.47. The van der Waals surface area contributed by atoms with Crippen molar-refractivity contribution in [2.24, 2.45) is 0 Å². The first-order valence-electron chi connectivity index (χ1n) is 7.20. The Morgan fingerprint density at radius 3 is 2.43 bits per heavy atom. The minimum atomic E-state index is -0.230. The quantitative estimate of drug-likeness (QED) is 0.728. The number of rotatable bonds is 4. The number of nitrogens with zero attached hydrogens (tertiary/aromatic N) is 1. The molecular formula is C19H15N3O. The number of hydrogen-bond donors (Lipinski definition) is 2. The fourth-order valence-electron chi connectivity index (χ4n) is 2.23. The second-order valence-electron chi connectivity index (χ2n) is 5.04. The van der Waals surface area contributed by atoms with Gasteiger partial charge in [0, 0.05) is 6.54 Å². The van der Waals surface area contributed by atoms with Crippen LogP contribution in [0.25, 0.3) is 11.1 Å². The Hall–Kier alpha value is -3.32. The van der Waals surface area contributed by atoms with Crippen molar-refractivity contribution in [3.63, 3.8) is 0 Å². The predicted molar refractivity (Wildman–Crippen MR) is 89.6 cm³/mol. The molecule has 0 aliphatic carbocycles. The molecule has 4 nitrogen and oxygen atoms in total. The van der Waals surface area contributed by atoms with Crippen LogP contribution in [0.5, 0.6) is 0 Å². The Kier molecular flexibility index (Phi) is 4.21. The molecule has 4 heteroatoms. The zero-order chi connectivity index (χ0) is 16.1. The zero-order valence-electron chi connectivity index (χ0n) is 12.4. The maximum atomic E-state index is 12.0. The second kappa shape index (κ2) is 6.63. The molecule has 0 unspecified atom stereocenters. The molecule has 23 heavy (non-hydrogen) atoms. The van der Waals surface area contributed by atoms with Crippen LogP contribution in [0.2, 0.25) is 0 Å². The molecule has 0 aliphatic heterocycles. The number of hydrogen-bond acceptors (Lipinski definition) is 2. The number of aromatic amines is 1. The molecule has 1 amide bonds. The average Bonchev–Trinajstić information content (AvgIpc) is 3.10. The summed E-state index contributed by atoms with van der Waals surface area (Å²) in [4.78, 5) is 18.7. The monoisotopic (exact) mass is 301 g/mol. The van der Waals surface area contributed by atoms with E-state index >= 15 is 0 Å². The SMILES string of the molecule is C#Cc1ncc(C(=O)NCc2ccc(-c3ccccc3)cc2)[nH]1. The van der Waals surface area contributed by atoms with Gasteiger partial charge in [-0.25, -0.2) is 4.98 Å². The van der Waals surface area contributed by atoms with Gasteiger partial charge in [-0.1, -0.05) is 54.6 Å². The Balaban J connectivity index is 1.63. The summed E-state index contributed by atoms with van der Waals surface area (Å²) < 4.78 is 0. The molecule has 0 aliphatic rings. The molecule has 0 bridgehead atoms. The lowest BCUT2D eigenvalue weighted by Crippen LogP contribution is -2.23. The average molecular weight is 301 g/mol. The zero-order valence-corrected chi connectivity index (χ0v) is 12.4. The minimum absolute atomic E-state index is 0.230. The van der Waals surface area contributed by atoms with Gasteiger partial charge in [-0.2, -0.15) is 0 Å². The van der Waals surface area contributed by atoms with Crippen LogP contribution in [0.4, 0.5) is 0 Å². The highest BCUT2D eigenvalue weighted by molar-refractivity contribution is 5.92. The normalized spacial score (nSPS) is 10.0. The van der Waals surface area contributed by atoms with Crippen molar-refractivity contribution in [3.8, 4) is 23.5 Å². The number of terminal acetylenes is 1. The van der Waals surface area contributed by atoms with Crippen LogP contribution in [0.1, 0.15) is 21.9 Å². The van der Waals surface area contributed by atoms with Gasteiger partial charge in [0.25, 0.3) is 5.91 Å². The van der Waals surface area contributed by atoms with E-state index < -0.39 is 0 Å². The predicted octanol–water partition coefficient (Wildman–Crippen LogP) is 2.99. The van der Waals surface area contributed by atoms with Gasteiger partial charge < -0.3 is 10.3 Å². The number of H-pyrrole nitrogens is 1. The molecule has 0 atom stereocenters. The van der Waals surface area contributed by atoms with Crippen molar-refractivity contribution in [3.05, 3.63) is 77.9 Å². The van der Waals surface area contributed by atoms with Crippen LogP contribution >= 0.6 is 0 Å². The molecule has 2 aromatic carbocycles. The molecule has 3 aromatic rings. The summed E-state index contributed by atoms with van der Waals surface area (Å²) in [5.41, 5.74) is 3.70. The fourth-order valence-corrected chi connectivity index (χ4v) is 2.23. The highest BCUT2D eigenvalue weighted by atomic mass is 16.1. The van der Waals surface area contributed by atoms with Crippen LogP contribution < -0.4 is 5.32 Å². The van der Waals surface area contributed by atoms with Crippen LogP contribution in [0.15, 0.2) is 60.8 Å². The molecule has 3 rings (SSSR count). The summed E-state index contributed by atoms with van der Waals surface area (Å²) >= 11 is 0. The summed E-state index contributed by atoms with van der Waals surface area (Å²) in [6.07, 6.45) is 6.65. The van der Waals surface area contributed by atoms with Gasteiger partial charge in [0.1, 0.15) is 5.69 Å². The number of benzene rings is 2. The molecule has 112 valence electrons. The summed E-state index contributed by atoms with van der Waals surface area (Å²) in [7, 11) is 0. The number of imidazole rings is 1. The Bertz CT molecular complexity index is 842. The molecule has 1 aromatic heterocycles. The van der Waals surface area contributed by atoms with E-state index in [1.54, 1.807) is 0 Å². The molecule has 1 heterocycles. The summed E-state index contributed by atoms with van der Waals surface area (Å²) in [5, 5.41) is 2.83. The van der Waals surface area contributed by atoms with Gasteiger partial charge in [-0.05, 0) is 22.6 Å². The van der Waals surface area contributed by atoms with Crippen LogP contribution in [0.3, 0.4) is 0 Å². The molecule has 0 spiro atoms. The van der Waals surface area contributed by atoms with E-state index in [-0.39, 0.29) is 5.91 Å². The Morgan fingerprint density at radius 2 is 1.78 bits per heavy atom. The van der Waals surface area contributed by atoms with E-state index in [0.29, 0.717) is 18.1 Å². The lowest BCUT2D eigenvalue weighted by atomic mass is 10.0. The molecule has 0 fully saturated rings. The standard InChI is InChI=1S/C19H15N3O/c1-2-18-20-13-17(22-18)19(23)21-12-14-8-10-16(11-9-14)15-6-4-3-5-7-15/h1,3-11,13H,12H2,(H,20,22)(H,21,23). The van der Waals surface area contributed by atoms with E-state index in [1.807, 2.05) is 42.5 Å². The van der Waals surface area contributed by atoms with Crippen molar-refractivity contribution < 1.29 is 4.79 Å². The largest absolute Gasteiger partial charge is 0.347 e. The van der Waals surface area contributed by atoms with Crippen molar-refractivity contribution in [1.29, 1.82) is 0 Å². The highest BCUT2D eigenvalue weighted by Gasteiger charge is 2.08. The third-order valence-electron chi connectivity index (χ3n) is 3.47. The number of nitrogens with one attached hydrogen (secondary N) is 2. The smallest absolute Gasteiger partial charge is 0.269 e. The van der Waals surface area contributed by atoms with E-state index in [1.165, 1.54) is 11.8 Å². The topological polar surface area (TPSA) is 57.8 Å². The summed E-state index contributed by atoms with van der Waals surface area (Å²) in [6.45, 7) is 0.443. The van der Waals surface area contributed by atoms with E-state index in [9.17, 15) is 4.79 Å². The maximum absolute atomic E-state index is 12.0. The van der Waals surface area contributed by atoms with Gasteiger partial charge in [-0.3, -0.25) is 4.79 Å². The number of aromatic nitrogens is 2. The molecule has 0 saturated heterocycles. The van der Waals surface area contributed by atoms with Crippen molar-refractivity contribution in [2.45, 2.75) is 6.54 Å². The van der Waals surface area contributed by atoms with Crippen LogP contribution in [-0.4, -0.2) is 15.9 Å². The minimum Gasteiger partial charge on any atom is -0.347 e. The van der Waals surface area contributed by atoms with E-state index in [0.717, 1.165) is 11.1 Å². The van der Waals surface area contributed by atoms with Gasteiger partial charge in [0.2, 0.25) is 0 Å². The third kappa shape index (κ3) is 3.47. The number of carbonyl (C=O) groups excluding carboxylic acids is 1. The lowest BCUT2D eigenvalue weighted by Gasteiger charge is -2.06. The number of amides is 1. The number of carbonyl (C=O) groups is 1. The first-order chi connectivity index (χ1) is 11.3. The Labute approximate surface area is 134 Å². The van der Waals surface area contributed by atoms with Gasteiger partial charge in [0.15, 0.2) is 5.82 Å². The molecule has 0 saturated carbocycles. The van der Waals surface area contributed by atoms with Crippen LogP contribution in [0, 0.1) is 12.3 Å². The molecule has 2 N–H and O–H groups in total. The van der Waals surface area contributed by atoms with Crippen molar-refractivity contribution in [1.82, 2.24) is 15.3 Å². The first-order valence-corrected chi connectivity index (χ1v) is 7.20. The van der Waals surface area contributed by atoms with Crippen molar-refractivity contribution in [2.75, 3.05) is 0 Å². The molecular weight excluding hydrogens is 286 g/mol. The van der Waals surface area contributed by atoms with E-state index in [2.05, 4.69) is 33.3 Å². The molecule has 0 radical (unpaired) electrons. The van der Waals surface area contributed by atoms with Crippen molar-refractivity contribution >= 4 is 5.91 Å². The Morgan fingerprint density at radius 1 is 1.09 bits per heavy atom. The second-order valence-corrected chi connectivity index (χ2v) is 5.04. The first kappa shape index (κ1) is 14.6. The van der Waals surface area contributed by atoms with Gasteiger partial charge in [-0.15, -0.1) is 6.42 Å². The van der Waals surface area contributed by atoms with Gasteiger partial charge in [0.05, 0.1) is 6.20 Å².